The number of ether oxygens (including phenoxy) is 1. The number of carbonyl (C=O) groups is 1. The first kappa shape index (κ1) is 10.5. The van der Waals surface area contributed by atoms with E-state index < -0.39 is 0 Å². The Morgan fingerprint density at radius 3 is 2.77 bits per heavy atom. The SMILES string of the molecule is CCCOC(=O)CC1CCNCC1. The fourth-order valence-electron chi connectivity index (χ4n) is 1.60. The van der Waals surface area contributed by atoms with E-state index in [1.54, 1.807) is 0 Å². The minimum absolute atomic E-state index is 0.0197. The van der Waals surface area contributed by atoms with Crippen molar-refractivity contribution in [2.24, 2.45) is 5.92 Å². The van der Waals surface area contributed by atoms with E-state index in [-0.39, 0.29) is 5.97 Å². The molecule has 76 valence electrons. The van der Waals surface area contributed by atoms with E-state index in [2.05, 4.69) is 5.32 Å². The normalized spacial score (nSPS) is 18.5. The van der Waals surface area contributed by atoms with Gasteiger partial charge in [0.05, 0.1) is 6.61 Å². The van der Waals surface area contributed by atoms with Crippen LogP contribution in [-0.2, 0) is 9.53 Å². The van der Waals surface area contributed by atoms with E-state index in [4.69, 9.17) is 4.74 Å². The standard InChI is InChI=1S/C10H19NO2/c1-2-7-13-10(12)8-9-3-5-11-6-4-9/h9,11H,2-8H2,1H3. The van der Waals surface area contributed by atoms with Crippen LogP contribution in [0.1, 0.15) is 32.6 Å². The molecule has 1 heterocycles. The minimum Gasteiger partial charge on any atom is -0.466 e. The van der Waals surface area contributed by atoms with Crippen LogP contribution in [0.5, 0.6) is 0 Å². The molecule has 0 saturated carbocycles. The van der Waals surface area contributed by atoms with Gasteiger partial charge in [0, 0.05) is 6.42 Å². The number of carbonyl (C=O) groups excluding carboxylic acids is 1. The molecule has 0 aromatic carbocycles. The molecule has 0 spiro atoms. The number of rotatable bonds is 4. The summed E-state index contributed by atoms with van der Waals surface area (Å²) in [5, 5.41) is 3.28. The first-order valence-electron chi connectivity index (χ1n) is 5.19. The Kier molecular flexibility index (Phi) is 4.83. The Morgan fingerprint density at radius 1 is 1.46 bits per heavy atom. The second-order valence-corrected chi connectivity index (χ2v) is 3.62. The van der Waals surface area contributed by atoms with Gasteiger partial charge >= 0.3 is 5.97 Å². The van der Waals surface area contributed by atoms with Crippen LogP contribution in [0.15, 0.2) is 0 Å². The van der Waals surface area contributed by atoms with Crippen molar-refractivity contribution in [3.63, 3.8) is 0 Å². The van der Waals surface area contributed by atoms with E-state index in [0.717, 1.165) is 32.4 Å². The second kappa shape index (κ2) is 5.97. The van der Waals surface area contributed by atoms with Gasteiger partial charge in [0.25, 0.3) is 0 Å². The zero-order valence-electron chi connectivity index (χ0n) is 8.34. The van der Waals surface area contributed by atoms with Gasteiger partial charge in [-0.25, -0.2) is 0 Å². The predicted octanol–water partition coefficient (Wildman–Crippen LogP) is 1.33. The molecule has 0 unspecified atom stereocenters. The molecule has 0 atom stereocenters. The van der Waals surface area contributed by atoms with Crippen LogP contribution < -0.4 is 5.32 Å². The number of esters is 1. The number of nitrogens with one attached hydrogen (secondary N) is 1. The summed E-state index contributed by atoms with van der Waals surface area (Å²) in [6.07, 6.45) is 3.75. The van der Waals surface area contributed by atoms with Crippen LogP contribution in [0.4, 0.5) is 0 Å². The van der Waals surface area contributed by atoms with Gasteiger partial charge in [-0.05, 0) is 38.3 Å². The van der Waals surface area contributed by atoms with Crippen molar-refractivity contribution in [1.82, 2.24) is 5.32 Å². The van der Waals surface area contributed by atoms with Crippen molar-refractivity contribution in [3.8, 4) is 0 Å². The van der Waals surface area contributed by atoms with Crippen LogP contribution in [0.3, 0.4) is 0 Å². The lowest BCUT2D eigenvalue weighted by atomic mass is 9.95. The molecule has 0 amide bonds. The largest absolute Gasteiger partial charge is 0.466 e. The summed E-state index contributed by atoms with van der Waals surface area (Å²) >= 11 is 0. The monoisotopic (exact) mass is 185 g/mol. The topological polar surface area (TPSA) is 38.3 Å². The summed E-state index contributed by atoms with van der Waals surface area (Å²) in [4.78, 5) is 11.2. The van der Waals surface area contributed by atoms with Crippen LogP contribution in [0, 0.1) is 5.92 Å². The zero-order valence-corrected chi connectivity index (χ0v) is 8.34. The Balaban J connectivity index is 2.11. The van der Waals surface area contributed by atoms with Crippen LogP contribution in [-0.4, -0.2) is 25.7 Å². The van der Waals surface area contributed by atoms with Crippen molar-refractivity contribution in [2.45, 2.75) is 32.6 Å². The molecule has 3 nitrogen and oxygen atoms in total. The summed E-state index contributed by atoms with van der Waals surface area (Å²) < 4.78 is 5.03. The molecule has 0 aromatic heterocycles. The average molecular weight is 185 g/mol. The summed E-state index contributed by atoms with van der Waals surface area (Å²) in [5.41, 5.74) is 0. The third-order valence-corrected chi connectivity index (χ3v) is 2.38. The van der Waals surface area contributed by atoms with Crippen LogP contribution in [0.2, 0.25) is 0 Å². The molecular weight excluding hydrogens is 166 g/mol. The van der Waals surface area contributed by atoms with E-state index in [9.17, 15) is 4.79 Å². The molecule has 1 N–H and O–H groups in total. The first-order valence-corrected chi connectivity index (χ1v) is 5.19. The van der Waals surface area contributed by atoms with Crippen molar-refractivity contribution < 1.29 is 9.53 Å². The smallest absolute Gasteiger partial charge is 0.306 e. The van der Waals surface area contributed by atoms with Crippen molar-refractivity contribution in [3.05, 3.63) is 0 Å². The molecule has 0 aromatic rings. The zero-order chi connectivity index (χ0) is 9.52. The molecule has 1 rings (SSSR count). The summed E-state index contributed by atoms with van der Waals surface area (Å²) in [5.74, 6) is 0.527. The van der Waals surface area contributed by atoms with Gasteiger partial charge in [0.15, 0.2) is 0 Å². The molecule has 13 heavy (non-hydrogen) atoms. The van der Waals surface area contributed by atoms with Gasteiger partial charge in [0.1, 0.15) is 0 Å². The van der Waals surface area contributed by atoms with Crippen LogP contribution in [0.25, 0.3) is 0 Å². The number of hydrogen-bond acceptors (Lipinski definition) is 3. The lowest BCUT2D eigenvalue weighted by Crippen LogP contribution is -2.29. The lowest BCUT2D eigenvalue weighted by Gasteiger charge is -2.21. The maximum absolute atomic E-state index is 11.2. The molecule has 1 fully saturated rings. The summed E-state index contributed by atoms with van der Waals surface area (Å²) in [6.45, 7) is 4.68. The van der Waals surface area contributed by atoms with Gasteiger partial charge in [-0.1, -0.05) is 6.92 Å². The Morgan fingerprint density at radius 2 is 2.15 bits per heavy atom. The Labute approximate surface area is 79.8 Å². The molecule has 0 aliphatic carbocycles. The molecule has 0 radical (unpaired) electrons. The van der Waals surface area contributed by atoms with Crippen molar-refractivity contribution in [2.75, 3.05) is 19.7 Å². The summed E-state index contributed by atoms with van der Waals surface area (Å²) in [7, 11) is 0. The third kappa shape index (κ3) is 4.27. The van der Waals surface area contributed by atoms with E-state index in [0.29, 0.717) is 18.9 Å². The highest BCUT2D eigenvalue weighted by molar-refractivity contribution is 5.69. The summed E-state index contributed by atoms with van der Waals surface area (Å²) in [6, 6.07) is 0. The highest BCUT2D eigenvalue weighted by Crippen LogP contribution is 2.16. The molecule has 1 saturated heterocycles. The Hall–Kier alpha value is -0.570. The van der Waals surface area contributed by atoms with E-state index in [1.807, 2.05) is 6.92 Å². The van der Waals surface area contributed by atoms with E-state index in [1.165, 1.54) is 0 Å². The first-order chi connectivity index (χ1) is 6.33. The van der Waals surface area contributed by atoms with Gasteiger partial charge in [0.2, 0.25) is 0 Å². The highest BCUT2D eigenvalue weighted by atomic mass is 16.5. The van der Waals surface area contributed by atoms with E-state index >= 15 is 0 Å². The highest BCUT2D eigenvalue weighted by Gasteiger charge is 2.17. The fourth-order valence-corrected chi connectivity index (χ4v) is 1.60. The van der Waals surface area contributed by atoms with Gasteiger partial charge < -0.3 is 10.1 Å². The lowest BCUT2D eigenvalue weighted by molar-refractivity contribution is -0.145. The molecule has 0 bridgehead atoms. The minimum atomic E-state index is -0.0197. The predicted molar refractivity (Wildman–Crippen MR) is 51.5 cm³/mol. The van der Waals surface area contributed by atoms with Crippen molar-refractivity contribution in [1.29, 1.82) is 0 Å². The van der Waals surface area contributed by atoms with Crippen molar-refractivity contribution >= 4 is 5.97 Å². The average Bonchev–Trinajstić information content (AvgIpc) is 2.16. The second-order valence-electron chi connectivity index (χ2n) is 3.62. The number of piperidine rings is 1. The van der Waals surface area contributed by atoms with Gasteiger partial charge in [-0.3, -0.25) is 4.79 Å². The number of hydrogen-bond donors (Lipinski definition) is 1. The van der Waals surface area contributed by atoms with Gasteiger partial charge in [-0.2, -0.15) is 0 Å². The molecule has 1 aliphatic rings. The maximum atomic E-state index is 11.2. The van der Waals surface area contributed by atoms with Crippen LogP contribution >= 0.6 is 0 Å². The molecule has 1 aliphatic heterocycles. The molecular formula is C10H19NO2. The molecule has 3 heteroatoms. The fraction of sp³-hybridized carbons (Fsp3) is 0.900. The Bertz CT molecular complexity index is 153. The maximum Gasteiger partial charge on any atom is 0.306 e. The third-order valence-electron chi connectivity index (χ3n) is 2.38. The quantitative estimate of drug-likeness (QED) is 0.671. The van der Waals surface area contributed by atoms with Gasteiger partial charge in [-0.15, -0.1) is 0 Å².